The van der Waals surface area contributed by atoms with Gasteiger partial charge in [-0.05, 0) is 88.9 Å². The predicted molar refractivity (Wildman–Crippen MR) is 151 cm³/mol. The van der Waals surface area contributed by atoms with Gasteiger partial charge in [-0.1, -0.05) is 6.07 Å². The minimum atomic E-state index is -5.08. The van der Waals surface area contributed by atoms with Gasteiger partial charge >= 0.3 is 24.4 Å². The van der Waals surface area contributed by atoms with Crippen LogP contribution >= 0.6 is 0 Å². The number of carbonyl (C=O) groups excluding carboxylic acids is 1. The average Bonchev–Trinajstić information content (AvgIpc) is 3.32. The van der Waals surface area contributed by atoms with Gasteiger partial charge in [0.05, 0.1) is 19.8 Å². The summed E-state index contributed by atoms with van der Waals surface area (Å²) in [5.74, 6) is -2.50. The molecule has 0 bridgehead atoms. The topological polar surface area (TPSA) is 100 Å². The highest BCUT2D eigenvalue weighted by molar-refractivity contribution is 5.89. The summed E-state index contributed by atoms with van der Waals surface area (Å²) in [6, 6.07) is 7.31. The number of benzene rings is 2. The Morgan fingerprint density at radius 2 is 1.58 bits per heavy atom. The first kappa shape index (κ1) is 35.7. The van der Waals surface area contributed by atoms with Gasteiger partial charge in [-0.15, -0.1) is 0 Å². The number of hydrogen-bond acceptors (Lipinski definition) is 5. The van der Waals surface area contributed by atoms with E-state index in [1.54, 1.807) is 14.2 Å². The van der Waals surface area contributed by atoms with Crippen LogP contribution in [0.25, 0.3) is 0 Å². The minimum absolute atomic E-state index is 0.108. The molecule has 4 rings (SSSR count). The van der Waals surface area contributed by atoms with Crippen LogP contribution in [0.5, 0.6) is 11.5 Å². The molecule has 2 aliphatic rings. The molecule has 0 radical (unpaired) electrons. The van der Waals surface area contributed by atoms with E-state index >= 15 is 0 Å². The van der Waals surface area contributed by atoms with Gasteiger partial charge in [0, 0.05) is 28.7 Å². The lowest BCUT2D eigenvalue weighted by atomic mass is 9.64. The monoisotopic (exact) mass is 651 g/mol. The zero-order valence-electron chi connectivity index (χ0n) is 25.3. The number of urea groups is 1. The fourth-order valence-electron chi connectivity index (χ4n) is 6.14. The molecule has 1 saturated carbocycles. The molecular weight excluding hydrogens is 615 g/mol. The van der Waals surface area contributed by atoms with Crippen molar-refractivity contribution in [1.82, 2.24) is 10.2 Å². The molecule has 2 aromatic rings. The molecule has 2 amide bonds. The van der Waals surface area contributed by atoms with Gasteiger partial charge in [0.1, 0.15) is 5.82 Å². The van der Waals surface area contributed by atoms with E-state index in [4.69, 9.17) is 19.4 Å². The van der Waals surface area contributed by atoms with Crippen molar-refractivity contribution in [2.45, 2.75) is 81.8 Å². The number of fused-ring (bicyclic) bond motifs is 1. The Balaban J connectivity index is 0.000000707. The van der Waals surface area contributed by atoms with Gasteiger partial charge in [-0.25, -0.2) is 14.0 Å². The third-order valence-corrected chi connectivity index (χ3v) is 8.14. The molecule has 3 atom stereocenters. The molecule has 8 nitrogen and oxygen atoms in total. The van der Waals surface area contributed by atoms with Gasteiger partial charge in [-0.3, -0.25) is 4.90 Å². The highest BCUT2D eigenvalue weighted by Gasteiger charge is 2.54. The van der Waals surface area contributed by atoms with Gasteiger partial charge in [0.25, 0.3) is 0 Å². The molecule has 0 spiro atoms. The second kappa shape index (κ2) is 13.3. The lowest BCUT2D eigenvalue weighted by molar-refractivity contribution is -0.192. The van der Waals surface area contributed by atoms with Crippen molar-refractivity contribution < 1.29 is 54.9 Å². The molecule has 1 aliphatic carbocycles. The largest absolute Gasteiger partial charge is 0.493 e. The third-order valence-electron chi connectivity index (χ3n) is 8.14. The Kier molecular flexibility index (Phi) is 10.6. The number of nitrogens with zero attached hydrogens (tertiary/aromatic N) is 1. The molecule has 2 aromatic carbocycles. The highest BCUT2D eigenvalue weighted by atomic mass is 19.4. The fraction of sp³-hybridized carbons (Fsp3) is 0.533. The molecule has 1 heterocycles. The molecule has 2 fully saturated rings. The van der Waals surface area contributed by atoms with Crippen molar-refractivity contribution in [3.8, 4) is 11.5 Å². The molecule has 1 saturated heterocycles. The number of ether oxygens (including phenoxy) is 2. The number of alkyl halides is 6. The molecule has 0 unspecified atom stereocenters. The summed E-state index contributed by atoms with van der Waals surface area (Å²) in [7, 11) is 3.22. The van der Waals surface area contributed by atoms with Crippen LogP contribution in [0.3, 0.4) is 0 Å². The number of hydrogen-bond donors (Lipinski definition) is 3. The zero-order chi connectivity index (χ0) is 34.0. The molecule has 45 heavy (non-hydrogen) atoms. The molecule has 3 N–H and O–H groups in total. The number of rotatable bonds is 5. The Labute approximate surface area is 255 Å². The number of carboxylic acid groups (broad SMARTS) is 1. The molecular formula is C30H36F7N3O5. The Morgan fingerprint density at radius 1 is 0.956 bits per heavy atom. The van der Waals surface area contributed by atoms with Crippen molar-refractivity contribution in [2.24, 2.45) is 0 Å². The second-order valence-electron chi connectivity index (χ2n) is 12.0. The maximum absolute atomic E-state index is 13.8. The smallest absolute Gasteiger partial charge is 0.490 e. The fourth-order valence-corrected chi connectivity index (χ4v) is 6.14. The van der Waals surface area contributed by atoms with Gasteiger partial charge in [-0.2, -0.15) is 26.3 Å². The van der Waals surface area contributed by atoms with Crippen LogP contribution in [0.2, 0.25) is 0 Å². The summed E-state index contributed by atoms with van der Waals surface area (Å²) in [5, 5.41) is 12.4. The average molecular weight is 652 g/mol. The standard InChI is InChI=1S/C28H35F4N3O3.C2HF3O2/c1-26(2,3)35-11-10-27(17-6-7-22(37-4)23(14-17)38-5)9-8-20(16-24(27)35)33-25(36)34-21-13-18(28(30,31)32)12-19(29)15-21;3-2(4,5)1(6)7/h6-7,12-15,20,24H,8-11,16H2,1-5H3,(H2,33,34,36);(H,6,7)/t20-,24+,27+;/m1./s1. The maximum atomic E-state index is 13.8. The summed E-state index contributed by atoms with van der Waals surface area (Å²) >= 11 is 0. The predicted octanol–water partition coefficient (Wildman–Crippen LogP) is 6.98. The van der Waals surface area contributed by atoms with Gasteiger partial charge in [0.2, 0.25) is 0 Å². The number of amides is 2. The summed E-state index contributed by atoms with van der Waals surface area (Å²) in [5.41, 5.74) is -0.498. The number of halogens is 7. The van der Waals surface area contributed by atoms with Crippen molar-refractivity contribution in [1.29, 1.82) is 0 Å². The number of aliphatic carboxylic acids is 1. The SMILES string of the molecule is COc1ccc([C@@]23CC[C@@H](NC(=O)Nc4cc(F)cc(C(F)(F)F)c4)C[C@@H]2N(C(C)(C)C)CC3)cc1OC.O=C(O)C(F)(F)F. The Morgan fingerprint density at radius 3 is 2.11 bits per heavy atom. The van der Waals surface area contributed by atoms with Gasteiger partial charge < -0.3 is 25.2 Å². The van der Waals surface area contributed by atoms with Crippen molar-refractivity contribution >= 4 is 17.7 Å². The minimum Gasteiger partial charge on any atom is -0.493 e. The lowest BCUT2D eigenvalue weighted by Crippen LogP contribution is -2.56. The summed E-state index contributed by atoms with van der Waals surface area (Å²) in [6.45, 7) is 7.40. The zero-order valence-corrected chi connectivity index (χ0v) is 25.3. The van der Waals surface area contributed by atoms with E-state index in [1.807, 2.05) is 12.1 Å². The van der Waals surface area contributed by atoms with Crippen LogP contribution < -0.4 is 20.1 Å². The van der Waals surface area contributed by atoms with Crippen molar-refractivity contribution in [3.63, 3.8) is 0 Å². The van der Waals surface area contributed by atoms with Crippen LogP contribution in [0.4, 0.5) is 41.2 Å². The number of carboxylic acids is 1. The van der Waals surface area contributed by atoms with E-state index in [1.165, 1.54) is 0 Å². The number of anilines is 1. The summed E-state index contributed by atoms with van der Waals surface area (Å²) in [6.07, 6.45) is -6.69. The summed E-state index contributed by atoms with van der Waals surface area (Å²) < 4.78 is 95.7. The van der Waals surface area contributed by atoms with E-state index in [-0.39, 0.29) is 28.7 Å². The van der Waals surface area contributed by atoms with E-state index in [0.29, 0.717) is 30.4 Å². The van der Waals surface area contributed by atoms with Crippen LogP contribution in [-0.2, 0) is 16.4 Å². The van der Waals surface area contributed by atoms with E-state index in [9.17, 15) is 35.5 Å². The van der Waals surface area contributed by atoms with Crippen molar-refractivity contribution in [3.05, 3.63) is 53.3 Å². The molecule has 250 valence electrons. The molecule has 15 heteroatoms. The van der Waals surface area contributed by atoms with E-state index in [0.717, 1.165) is 37.1 Å². The van der Waals surface area contributed by atoms with E-state index < -0.39 is 35.7 Å². The first-order valence-corrected chi connectivity index (χ1v) is 14.0. The quantitative estimate of drug-likeness (QED) is 0.302. The molecule has 0 aromatic heterocycles. The van der Waals surface area contributed by atoms with Crippen LogP contribution in [0, 0.1) is 5.82 Å². The number of carbonyl (C=O) groups is 2. The number of likely N-dealkylation sites (tertiary alicyclic amines) is 1. The number of methoxy groups -OCH3 is 2. The third kappa shape index (κ3) is 8.50. The second-order valence-corrected chi connectivity index (χ2v) is 12.0. The van der Waals surface area contributed by atoms with Crippen LogP contribution in [-0.4, -0.2) is 66.6 Å². The van der Waals surface area contributed by atoms with Crippen LogP contribution in [0.15, 0.2) is 36.4 Å². The lowest BCUT2D eigenvalue weighted by Gasteiger charge is -2.48. The van der Waals surface area contributed by atoms with Gasteiger partial charge in [0.15, 0.2) is 11.5 Å². The summed E-state index contributed by atoms with van der Waals surface area (Å²) in [4.78, 5) is 24.1. The van der Waals surface area contributed by atoms with Crippen molar-refractivity contribution in [2.75, 3.05) is 26.1 Å². The molecule has 1 aliphatic heterocycles. The Hall–Kier alpha value is -3.75. The first-order valence-electron chi connectivity index (χ1n) is 14.0. The van der Waals surface area contributed by atoms with E-state index in [2.05, 4.69) is 42.4 Å². The van der Waals surface area contributed by atoms with Crippen LogP contribution in [0.1, 0.15) is 57.6 Å². The first-order chi connectivity index (χ1) is 20.7. The Bertz CT molecular complexity index is 1380. The normalized spacial score (nSPS) is 22.0. The highest BCUT2D eigenvalue weighted by Crippen LogP contribution is 2.52. The number of nitrogens with one attached hydrogen (secondary N) is 2. The maximum Gasteiger partial charge on any atom is 0.490 e.